The molecule has 1 saturated heterocycles. The average molecular weight is 424 g/mol. The molecule has 0 unspecified atom stereocenters. The van der Waals surface area contributed by atoms with E-state index in [0.717, 1.165) is 58.0 Å². The number of amides is 1. The van der Waals surface area contributed by atoms with Gasteiger partial charge in [0, 0.05) is 41.8 Å². The fraction of sp³-hybridized carbons (Fsp3) is 0.478. The summed E-state index contributed by atoms with van der Waals surface area (Å²) in [5, 5.41) is 16.0. The summed E-state index contributed by atoms with van der Waals surface area (Å²) in [6, 6.07) is 8.71. The van der Waals surface area contributed by atoms with Gasteiger partial charge in [-0.05, 0) is 58.1 Å². The molecule has 3 heterocycles. The van der Waals surface area contributed by atoms with E-state index in [9.17, 15) is 4.79 Å². The van der Waals surface area contributed by atoms with Crippen molar-refractivity contribution in [2.45, 2.75) is 58.5 Å². The van der Waals surface area contributed by atoms with E-state index in [2.05, 4.69) is 47.3 Å². The summed E-state index contributed by atoms with van der Waals surface area (Å²) >= 11 is 1.58. The second-order valence-electron chi connectivity index (χ2n) is 9.09. The second kappa shape index (κ2) is 8.40. The molecule has 0 saturated carbocycles. The fourth-order valence-corrected chi connectivity index (χ4v) is 4.67. The molecule has 0 aliphatic carbocycles. The molecular formula is C23H29N5OS. The van der Waals surface area contributed by atoms with Gasteiger partial charge in [0.05, 0.1) is 12.1 Å². The van der Waals surface area contributed by atoms with E-state index < -0.39 is 0 Å². The van der Waals surface area contributed by atoms with E-state index in [1.165, 1.54) is 0 Å². The highest BCUT2D eigenvalue weighted by Gasteiger charge is 2.25. The molecule has 2 aromatic heterocycles. The number of rotatable bonds is 4. The maximum atomic E-state index is 12.8. The van der Waals surface area contributed by atoms with Gasteiger partial charge >= 0.3 is 0 Å². The van der Waals surface area contributed by atoms with Gasteiger partial charge in [0.15, 0.2) is 0 Å². The predicted molar refractivity (Wildman–Crippen MR) is 122 cm³/mol. The highest BCUT2D eigenvalue weighted by Crippen LogP contribution is 2.27. The molecule has 0 radical (unpaired) electrons. The van der Waals surface area contributed by atoms with Crippen LogP contribution in [0.3, 0.4) is 0 Å². The van der Waals surface area contributed by atoms with Crippen molar-refractivity contribution in [3.63, 3.8) is 0 Å². The molecular weight excluding hydrogens is 394 g/mol. The number of nitrogens with one attached hydrogen (secondary N) is 1. The summed E-state index contributed by atoms with van der Waals surface area (Å²) in [4.78, 5) is 19.3. The number of carbonyl (C=O) groups is 1. The molecule has 158 valence electrons. The minimum absolute atomic E-state index is 0.109. The summed E-state index contributed by atoms with van der Waals surface area (Å²) in [6.45, 7) is 10.1. The van der Waals surface area contributed by atoms with Crippen LogP contribution < -0.4 is 5.32 Å². The van der Waals surface area contributed by atoms with Crippen molar-refractivity contribution in [3.8, 4) is 10.6 Å². The number of piperidine rings is 1. The molecule has 0 spiro atoms. The van der Waals surface area contributed by atoms with Crippen molar-refractivity contribution in [1.29, 1.82) is 0 Å². The normalized spacial score (nSPS) is 15.7. The maximum Gasteiger partial charge on any atom is 0.228 e. The number of hydrogen-bond donors (Lipinski definition) is 1. The third kappa shape index (κ3) is 5.02. The first-order chi connectivity index (χ1) is 14.3. The first-order valence-electron chi connectivity index (χ1n) is 10.5. The Morgan fingerprint density at radius 3 is 2.60 bits per heavy atom. The van der Waals surface area contributed by atoms with Crippen molar-refractivity contribution in [2.24, 2.45) is 0 Å². The summed E-state index contributed by atoms with van der Waals surface area (Å²) in [6.07, 6.45) is 4.19. The van der Waals surface area contributed by atoms with Gasteiger partial charge in [0.25, 0.3) is 0 Å². The van der Waals surface area contributed by atoms with Crippen LogP contribution in [0.2, 0.25) is 0 Å². The van der Waals surface area contributed by atoms with E-state index in [4.69, 9.17) is 0 Å². The van der Waals surface area contributed by atoms with E-state index in [1.54, 1.807) is 11.3 Å². The molecule has 3 aromatic rings. The molecule has 30 heavy (non-hydrogen) atoms. The highest BCUT2D eigenvalue weighted by atomic mass is 32.1. The van der Waals surface area contributed by atoms with Gasteiger partial charge in [-0.15, -0.1) is 10.2 Å². The predicted octanol–water partition coefficient (Wildman–Crippen LogP) is 3.98. The number of pyridine rings is 1. The van der Waals surface area contributed by atoms with Gasteiger partial charge < -0.3 is 10.2 Å². The average Bonchev–Trinajstić information content (AvgIpc) is 3.13. The highest BCUT2D eigenvalue weighted by molar-refractivity contribution is 7.14. The summed E-state index contributed by atoms with van der Waals surface area (Å²) in [5.41, 5.74) is 1.97. The number of carbonyl (C=O) groups excluding carboxylic acids is 1. The Morgan fingerprint density at radius 2 is 1.93 bits per heavy atom. The van der Waals surface area contributed by atoms with Crippen molar-refractivity contribution in [3.05, 3.63) is 41.2 Å². The van der Waals surface area contributed by atoms with E-state index in [0.29, 0.717) is 12.5 Å². The molecule has 1 aliphatic rings. The smallest absolute Gasteiger partial charge is 0.228 e. The van der Waals surface area contributed by atoms with Gasteiger partial charge in [0.1, 0.15) is 10.0 Å². The quantitative estimate of drug-likeness (QED) is 0.687. The van der Waals surface area contributed by atoms with Gasteiger partial charge in [-0.1, -0.05) is 23.5 Å². The van der Waals surface area contributed by atoms with E-state index in [-0.39, 0.29) is 11.4 Å². The van der Waals surface area contributed by atoms with Crippen LogP contribution in [0.5, 0.6) is 0 Å². The van der Waals surface area contributed by atoms with Gasteiger partial charge in [-0.3, -0.25) is 9.78 Å². The number of fused-ring (bicyclic) bond motifs is 1. The standard InChI is InChI=1S/C23H29N5OS/c1-15-26-27-22(30-15)16-5-6-17-14-24-20(12-18(17)11-16)13-21(29)28-9-7-19(8-10-28)25-23(2,3)4/h5-6,11-12,14,19,25H,7-10,13H2,1-4H3. The van der Waals surface area contributed by atoms with Crippen LogP contribution >= 0.6 is 11.3 Å². The van der Waals surface area contributed by atoms with Crippen LogP contribution in [0.15, 0.2) is 30.5 Å². The SMILES string of the molecule is Cc1nnc(-c2ccc3cnc(CC(=O)N4CCC(NC(C)(C)C)CC4)cc3c2)s1. The lowest BCUT2D eigenvalue weighted by atomic mass is 9.99. The van der Waals surface area contributed by atoms with Crippen LogP contribution in [0.4, 0.5) is 0 Å². The van der Waals surface area contributed by atoms with Crippen molar-refractivity contribution in [1.82, 2.24) is 25.4 Å². The zero-order valence-corrected chi connectivity index (χ0v) is 18.9. The van der Waals surface area contributed by atoms with E-state index in [1.807, 2.05) is 36.2 Å². The first kappa shape index (κ1) is 20.9. The third-order valence-corrected chi connectivity index (χ3v) is 6.26. The summed E-state index contributed by atoms with van der Waals surface area (Å²) < 4.78 is 0. The zero-order valence-electron chi connectivity index (χ0n) is 18.1. The topological polar surface area (TPSA) is 71.0 Å². The Labute approximate surface area is 181 Å². The largest absolute Gasteiger partial charge is 0.342 e. The number of nitrogens with zero attached hydrogens (tertiary/aromatic N) is 4. The molecule has 1 amide bonds. The number of aromatic nitrogens is 3. The van der Waals surface area contributed by atoms with Crippen LogP contribution in [0.1, 0.15) is 44.3 Å². The van der Waals surface area contributed by atoms with E-state index >= 15 is 0 Å². The fourth-order valence-electron chi connectivity index (χ4n) is 3.98. The Morgan fingerprint density at radius 1 is 1.17 bits per heavy atom. The zero-order chi connectivity index (χ0) is 21.3. The van der Waals surface area contributed by atoms with Crippen molar-refractivity contribution < 1.29 is 4.79 Å². The van der Waals surface area contributed by atoms with Gasteiger partial charge in [0.2, 0.25) is 5.91 Å². The molecule has 1 aromatic carbocycles. The molecule has 4 rings (SSSR count). The lowest BCUT2D eigenvalue weighted by Crippen LogP contribution is -2.50. The monoisotopic (exact) mass is 423 g/mol. The van der Waals surface area contributed by atoms with Gasteiger partial charge in [-0.2, -0.15) is 0 Å². The molecule has 6 nitrogen and oxygen atoms in total. The van der Waals surface area contributed by atoms with Crippen LogP contribution in [-0.2, 0) is 11.2 Å². The van der Waals surface area contributed by atoms with Crippen LogP contribution in [0.25, 0.3) is 21.3 Å². The Kier molecular flexibility index (Phi) is 5.84. The Balaban J connectivity index is 1.43. The second-order valence-corrected chi connectivity index (χ2v) is 10.3. The molecule has 1 fully saturated rings. The van der Waals surface area contributed by atoms with Crippen LogP contribution in [0, 0.1) is 6.92 Å². The maximum absolute atomic E-state index is 12.8. The lowest BCUT2D eigenvalue weighted by molar-refractivity contribution is -0.131. The number of hydrogen-bond acceptors (Lipinski definition) is 6. The number of likely N-dealkylation sites (tertiary alicyclic amines) is 1. The summed E-state index contributed by atoms with van der Waals surface area (Å²) in [5.74, 6) is 0.159. The Hall–Kier alpha value is -2.38. The first-order valence-corrected chi connectivity index (χ1v) is 11.3. The molecule has 0 atom stereocenters. The van der Waals surface area contributed by atoms with Gasteiger partial charge in [-0.25, -0.2) is 0 Å². The minimum atomic E-state index is 0.109. The third-order valence-electron chi connectivity index (χ3n) is 5.37. The summed E-state index contributed by atoms with van der Waals surface area (Å²) in [7, 11) is 0. The van der Waals surface area contributed by atoms with Crippen molar-refractivity contribution >= 4 is 28.0 Å². The molecule has 0 bridgehead atoms. The number of benzene rings is 1. The van der Waals surface area contributed by atoms with Crippen LogP contribution in [-0.4, -0.2) is 50.7 Å². The molecule has 1 aliphatic heterocycles. The van der Waals surface area contributed by atoms with Crippen molar-refractivity contribution in [2.75, 3.05) is 13.1 Å². The lowest BCUT2D eigenvalue weighted by Gasteiger charge is -2.36. The Bertz CT molecular complexity index is 1050. The molecule has 1 N–H and O–H groups in total. The number of aryl methyl sites for hydroxylation is 1. The minimum Gasteiger partial charge on any atom is -0.342 e. The molecule has 7 heteroatoms.